The van der Waals surface area contributed by atoms with Crippen LogP contribution in [-0.4, -0.2) is 55.4 Å². The molecule has 0 unspecified atom stereocenters. The third-order valence-electron chi connectivity index (χ3n) is 5.33. The molecule has 0 saturated carbocycles. The number of amides is 1. The average Bonchev–Trinajstić information content (AvgIpc) is 3.04. The van der Waals surface area contributed by atoms with Crippen molar-refractivity contribution < 1.29 is 17.6 Å². The van der Waals surface area contributed by atoms with Crippen molar-refractivity contribution in [1.29, 1.82) is 0 Å². The van der Waals surface area contributed by atoms with Crippen molar-refractivity contribution >= 4 is 15.9 Å². The molecule has 0 radical (unpaired) electrons. The molecule has 2 aliphatic rings. The maximum absolute atomic E-state index is 14.1. The van der Waals surface area contributed by atoms with Crippen LogP contribution in [0.2, 0.25) is 0 Å². The van der Waals surface area contributed by atoms with Gasteiger partial charge in [0.05, 0.1) is 4.90 Å². The Morgan fingerprint density at radius 3 is 2.37 bits per heavy atom. The largest absolute Gasteiger partial charge is 0.341 e. The number of piperidine rings is 1. The molecule has 7 heteroatoms. The quantitative estimate of drug-likeness (QED) is 0.769. The fourth-order valence-electron chi connectivity index (χ4n) is 3.98. The molecule has 2 fully saturated rings. The van der Waals surface area contributed by atoms with E-state index >= 15 is 0 Å². The summed E-state index contributed by atoms with van der Waals surface area (Å²) in [7, 11) is -3.90. The first-order valence-corrected chi connectivity index (χ1v) is 11.3. The Morgan fingerprint density at radius 2 is 1.78 bits per heavy atom. The van der Waals surface area contributed by atoms with Crippen LogP contribution in [0.3, 0.4) is 0 Å². The van der Waals surface area contributed by atoms with Crippen molar-refractivity contribution in [1.82, 2.24) is 9.21 Å². The third-order valence-corrected chi connectivity index (χ3v) is 7.22. The molecule has 1 aromatic carbocycles. The third kappa shape index (κ3) is 4.51. The molecular formula is C20H29FN2O3S. The Balaban J connectivity index is 1.81. The molecule has 0 aromatic heterocycles. The van der Waals surface area contributed by atoms with E-state index in [1.54, 1.807) is 29.2 Å². The smallest absolute Gasteiger partial charge is 0.243 e. The normalized spacial score (nSPS) is 24.5. The number of alkyl halides is 1. The summed E-state index contributed by atoms with van der Waals surface area (Å²) in [6.45, 7) is 5.22. The summed E-state index contributed by atoms with van der Waals surface area (Å²) in [4.78, 5) is 14.7. The number of rotatable bonds is 5. The monoisotopic (exact) mass is 396 g/mol. The molecule has 0 bridgehead atoms. The van der Waals surface area contributed by atoms with E-state index in [0.29, 0.717) is 19.0 Å². The lowest BCUT2D eigenvalue weighted by molar-refractivity contribution is -0.135. The van der Waals surface area contributed by atoms with Crippen molar-refractivity contribution in [2.75, 3.05) is 19.6 Å². The second kappa shape index (κ2) is 8.27. The zero-order valence-electron chi connectivity index (χ0n) is 16.1. The van der Waals surface area contributed by atoms with Crippen LogP contribution < -0.4 is 0 Å². The van der Waals surface area contributed by atoms with E-state index in [-0.39, 0.29) is 23.8 Å². The fraction of sp³-hybridized carbons (Fsp3) is 0.650. The zero-order chi connectivity index (χ0) is 19.6. The Labute approximate surface area is 161 Å². The first kappa shape index (κ1) is 20.3. The van der Waals surface area contributed by atoms with Crippen LogP contribution in [-0.2, 0) is 21.2 Å². The highest BCUT2D eigenvalue weighted by molar-refractivity contribution is 7.89. The van der Waals surface area contributed by atoms with Gasteiger partial charge in [0.15, 0.2) is 0 Å². The Morgan fingerprint density at radius 1 is 1.15 bits per heavy atom. The van der Waals surface area contributed by atoms with E-state index < -0.39 is 22.2 Å². The molecule has 2 atom stereocenters. The number of halogens is 1. The van der Waals surface area contributed by atoms with E-state index in [1.165, 1.54) is 0 Å². The molecule has 2 saturated heterocycles. The van der Waals surface area contributed by atoms with E-state index in [2.05, 4.69) is 13.8 Å². The molecule has 0 aliphatic carbocycles. The van der Waals surface area contributed by atoms with Gasteiger partial charge in [-0.25, -0.2) is 12.8 Å². The lowest BCUT2D eigenvalue weighted by atomic mass is 10.0. The van der Waals surface area contributed by atoms with Gasteiger partial charge in [-0.1, -0.05) is 26.0 Å². The van der Waals surface area contributed by atoms with Crippen LogP contribution in [0.5, 0.6) is 0 Å². The van der Waals surface area contributed by atoms with Crippen molar-refractivity contribution in [3.05, 3.63) is 29.8 Å². The molecule has 2 aliphatic heterocycles. The minimum absolute atomic E-state index is 0.0556. The first-order valence-electron chi connectivity index (χ1n) is 9.82. The maximum Gasteiger partial charge on any atom is 0.243 e. The molecule has 1 aromatic rings. The SMILES string of the molecule is CC(C)Cc1ccc(S(=O)(=O)N2C[C@@H](F)C[C@H]2C(=O)N2CCCCC2)cc1. The Kier molecular flexibility index (Phi) is 6.21. The van der Waals surface area contributed by atoms with Crippen molar-refractivity contribution in [2.24, 2.45) is 5.92 Å². The first-order chi connectivity index (χ1) is 12.8. The predicted octanol–water partition coefficient (Wildman–Crippen LogP) is 3.00. The van der Waals surface area contributed by atoms with Crippen molar-refractivity contribution in [3.63, 3.8) is 0 Å². The summed E-state index contributed by atoms with van der Waals surface area (Å²) in [5.41, 5.74) is 1.06. The summed E-state index contributed by atoms with van der Waals surface area (Å²) in [6.07, 6.45) is 2.42. The highest BCUT2D eigenvalue weighted by atomic mass is 32.2. The van der Waals surface area contributed by atoms with Gasteiger partial charge in [-0.15, -0.1) is 0 Å². The molecule has 3 rings (SSSR count). The van der Waals surface area contributed by atoms with Crippen LogP contribution in [0.15, 0.2) is 29.2 Å². The number of carbonyl (C=O) groups excluding carboxylic acids is 1. The topological polar surface area (TPSA) is 57.7 Å². The highest BCUT2D eigenvalue weighted by Crippen LogP contribution is 2.30. The molecular weight excluding hydrogens is 367 g/mol. The van der Waals surface area contributed by atoms with Gasteiger partial charge in [0.25, 0.3) is 0 Å². The second-order valence-corrected chi connectivity index (χ2v) is 9.94. The fourth-order valence-corrected chi connectivity index (χ4v) is 5.60. The van der Waals surface area contributed by atoms with E-state index in [9.17, 15) is 17.6 Å². The Hall–Kier alpha value is -1.47. The molecule has 0 N–H and O–H groups in total. The molecule has 5 nitrogen and oxygen atoms in total. The highest BCUT2D eigenvalue weighted by Gasteiger charge is 2.45. The minimum atomic E-state index is -3.90. The van der Waals surface area contributed by atoms with Gasteiger partial charge in [0, 0.05) is 26.1 Å². The predicted molar refractivity (Wildman–Crippen MR) is 103 cm³/mol. The second-order valence-electron chi connectivity index (χ2n) is 8.05. The van der Waals surface area contributed by atoms with Crippen LogP contribution in [0.4, 0.5) is 4.39 Å². The number of nitrogens with zero attached hydrogens (tertiary/aromatic N) is 2. The maximum atomic E-state index is 14.1. The van der Waals surface area contributed by atoms with Gasteiger partial charge in [-0.05, 0) is 49.3 Å². The van der Waals surface area contributed by atoms with E-state index in [1.807, 2.05) is 0 Å². The molecule has 0 spiro atoms. The number of likely N-dealkylation sites (tertiary alicyclic amines) is 1. The summed E-state index contributed by atoms with van der Waals surface area (Å²) in [6, 6.07) is 5.81. The standard InChI is InChI=1S/C20H29FN2O3S/c1-15(2)12-16-6-8-18(9-7-16)27(25,26)23-14-17(21)13-19(23)20(24)22-10-4-3-5-11-22/h6-9,15,17,19H,3-5,10-14H2,1-2H3/t17-,19-/m0/s1. The van der Waals surface area contributed by atoms with E-state index in [0.717, 1.165) is 35.6 Å². The number of hydrogen-bond acceptors (Lipinski definition) is 3. The number of benzene rings is 1. The summed E-state index contributed by atoms with van der Waals surface area (Å²) in [5, 5.41) is 0. The lowest BCUT2D eigenvalue weighted by Gasteiger charge is -2.32. The van der Waals surface area contributed by atoms with Gasteiger partial charge in [-0.3, -0.25) is 4.79 Å². The molecule has 150 valence electrons. The zero-order valence-corrected chi connectivity index (χ0v) is 16.9. The molecule has 27 heavy (non-hydrogen) atoms. The minimum Gasteiger partial charge on any atom is -0.341 e. The molecule has 1 amide bonds. The summed E-state index contributed by atoms with van der Waals surface area (Å²) in [5.74, 6) is 0.222. The van der Waals surface area contributed by atoms with E-state index in [4.69, 9.17) is 0 Å². The Bertz CT molecular complexity index is 758. The van der Waals surface area contributed by atoms with Gasteiger partial charge < -0.3 is 4.90 Å². The van der Waals surface area contributed by atoms with Crippen molar-refractivity contribution in [2.45, 2.75) is 63.1 Å². The van der Waals surface area contributed by atoms with Gasteiger partial charge in [0.2, 0.25) is 15.9 Å². The van der Waals surface area contributed by atoms with Crippen LogP contribution in [0.1, 0.15) is 45.1 Å². The van der Waals surface area contributed by atoms with Crippen LogP contribution in [0, 0.1) is 5.92 Å². The number of carbonyl (C=O) groups is 1. The van der Waals surface area contributed by atoms with Crippen LogP contribution in [0.25, 0.3) is 0 Å². The molecule has 2 heterocycles. The summed E-state index contributed by atoms with van der Waals surface area (Å²) >= 11 is 0. The number of sulfonamides is 1. The van der Waals surface area contributed by atoms with Gasteiger partial charge >= 0.3 is 0 Å². The van der Waals surface area contributed by atoms with Crippen LogP contribution >= 0.6 is 0 Å². The summed E-state index contributed by atoms with van der Waals surface area (Å²) < 4.78 is 41.4. The number of hydrogen-bond donors (Lipinski definition) is 0. The van der Waals surface area contributed by atoms with Gasteiger partial charge in [-0.2, -0.15) is 4.31 Å². The van der Waals surface area contributed by atoms with Gasteiger partial charge in [0.1, 0.15) is 12.2 Å². The average molecular weight is 397 g/mol. The lowest BCUT2D eigenvalue weighted by Crippen LogP contribution is -2.49. The van der Waals surface area contributed by atoms with Crippen molar-refractivity contribution in [3.8, 4) is 0 Å².